The Labute approximate surface area is 146 Å². The van der Waals surface area contributed by atoms with Crippen LogP contribution in [0.3, 0.4) is 0 Å². The van der Waals surface area contributed by atoms with E-state index in [1.54, 1.807) is 18.2 Å². The predicted molar refractivity (Wildman–Crippen MR) is 93.2 cm³/mol. The summed E-state index contributed by atoms with van der Waals surface area (Å²) in [5.41, 5.74) is 0.277. The molecule has 0 radical (unpaired) electrons. The Morgan fingerprint density at radius 2 is 1.74 bits per heavy atom. The lowest BCUT2D eigenvalue weighted by molar-refractivity contribution is -0.384. The van der Waals surface area contributed by atoms with E-state index in [9.17, 15) is 14.9 Å². The van der Waals surface area contributed by atoms with Gasteiger partial charge in [-0.15, -0.1) is 0 Å². The molecule has 0 aliphatic rings. The maximum Gasteiger partial charge on any atom is 0.270 e. The second-order valence-electron chi connectivity index (χ2n) is 4.31. The number of nitro groups is 1. The molecule has 2 rings (SSSR count). The van der Waals surface area contributed by atoms with E-state index >= 15 is 0 Å². The summed E-state index contributed by atoms with van der Waals surface area (Å²) in [5.74, 6) is -0.589. The first-order valence-corrected chi connectivity index (χ1v) is 7.35. The molecule has 9 heteroatoms. The summed E-state index contributed by atoms with van der Waals surface area (Å²) in [6.45, 7) is 0. The zero-order valence-corrected chi connectivity index (χ0v) is 13.7. The number of hydrogen-bond donors (Lipinski definition) is 2. The zero-order chi connectivity index (χ0) is 17.0. The molecule has 2 aromatic carbocycles. The maximum atomic E-state index is 12.1. The molecule has 118 valence electrons. The molecular weight excluding hydrogens is 361 g/mol. The molecule has 2 aromatic rings. The van der Waals surface area contributed by atoms with Crippen molar-refractivity contribution in [2.45, 2.75) is 0 Å². The van der Waals surface area contributed by atoms with Crippen LogP contribution in [0.5, 0.6) is 0 Å². The molecule has 0 atom stereocenters. The summed E-state index contributed by atoms with van der Waals surface area (Å²) in [7, 11) is 0. The fourth-order valence-electron chi connectivity index (χ4n) is 1.70. The number of halogens is 2. The van der Waals surface area contributed by atoms with E-state index in [1.165, 1.54) is 18.2 Å². The fraction of sp³-hybridized carbons (Fsp3) is 0. The number of non-ortho nitro benzene ring substituents is 1. The van der Waals surface area contributed by atoms with Crippen LogP contribution in [-0.2, 0) is 0 Å². The Morgan fingerprint density at radius 3 is 2.35 bits per heavy atom. The highest BCUT2D eigenvalue weighted by Crippen LogP contribution is 2.29. The van der Waals surface area contributed by atoms with Crippen LogP contribution in [0.1, 0.15) is 10.4 Å². The summed E-state index contributed by atoms with van der Waals surface area (Å²) >= 11 is 17.0. The first kappa shape index (κ1) is 17.1. The summed E-state index contributed by atoms with van der Waals surface area (Å²) in [6, 6.07) is 10.2. The van der Waals surface area contributed by atoms with E-state index in [1.807, 2.05) is 0 Å². The Morgan fingerprint density at radius 1 is 1.13 bits per heavy atom. The minimum absolute atomic E-state index is 0.0310. The standard InChI is InChI=1S/C14H9Cl2N3O3S/c15-10-5-2-6-11(16)12(10)17-14(23)18-13(20)8-3-1-4-9(7-8)19(21)22/h1-7H,(H2,17,18,20,23). The number of amides is 1. The van der Waals surface area contributed by atoms with Crippen LogP contribution < -0.4 is 10.6 Å². The smallest absolute Gasteiger partial charge is 0.270 e. The largest absolute Gasteiger partial charge is 0.330 e. The Balaban J connectivity index is 2.10. The van der Waals surface area contributed by atoms with Crippen molar-refractivity contribution < 1.29 is 9.72 Å². The fourth-order valence-corrected chi connectivity index (χ4v) is 2.38. The van der Waals surface area contributed by atoms with Gasteiger partial charge in [-0.05, 0) is 30.4 Å². The third-order valence-corrected chi connectivity index (χ3v) is 3.58. The lowest BCUT2D eigenvalue weighted by atomic mass is 10.2. The number of nitrogens with zero attached hydrogens (tertiary/aromatic N) is 1. The monoisotopic (exact) mass is 369 g/mol. The first-order chi connectivity index (χ1) is 10.9. The second kappa shape index (κ2) is 7.36. The van der Waals surface area contributed by atoms with Crippen molar-refractivity contribution in [2.75, 3.05) is 5.32 Å². The molecule has 0 aromatic heterocycles. The van der Waals surface area contributed by atoms with Gasteiger partial charge < -0.3 is 5.32 Å². The molecule has 6 nitrogen and oxygen atoms in total. The average Bonchev–Trinajstić information content (AvgIpc) is 2.51. The van der Waals surface area contributed by atoms with E-state index in [4.69, 9.17) is 35.4 Å². The van der Waals surface area contributed by atoms with Crippen molar-refractivity contribution in [1.82, 2.24) is 5.32 Å². The van der Waals surface area contributed by atoms with Crippen LogP contribution in [0.15, 0.2) is 42.5 Å². The number of thiocarbonyl (C=S) groups is 1. The van der Waals surface area contributed by atoms with Crippen LogP contribution in [-0.4, -0.2) is 15.9 Å². The molecule has 0 bridgehead atoms. The second-order valence-corrected chi connectivity index (χ2v) is 5.53. The number of rotatable bonds is 3. The van der Waals surface area contributed by atoms with Gasteiger partial charge in [0.25, 0.3) is 11.6 Å². The molecule has 1 amide bonds. The summed E-state index contributed by atoms with van der Waals surface area (Å²) in [5, 5.41) is 16.5. The van der Waals surface area contributed by atoms with Crippen molar-refractivity contribution in [3.63, 3.8) is 0 Å². The maximum absolute atomic E-state index is 12.1. The quantitative estimate of drug-likeness (QED) is 0.484. The highest BCUT2D eigenvalue weighted by Gasteiger charge is 2.14. The molecular formula is C14H9Cl2N3O3S. The molecule has 0 aliphatic carbocycles. The summed E-state index contributed by atoms with van der Waals surface area (Å²) in [4.78, 5) is 22.2. The molecule has 0 unspecified atom stereocenters. The Hall–Kier alpha value is -2.22. The number of hydrogen-bond acceptors (Lipinski definition) is 4. The lowest BCUT2D eigenvalue weighted by Gasteiger charge is -2.12. The third-order valence-electron chi connectivity index (χ3n) is 2.75. The van der Waals surface area contributed by atoms with Gasteiger partial charge in [0.2, 0.25) is 0 Å². The molecule has 23 heavy (non-hydrogen) atoms. The van der Waals surface area contributed by atoms with Crippen LogP contribution in [0, 0.1) is 10.1 Å². The number of nitro benzene ring substituents is 1. The molecule has 0 saturated heterocycles. The van der Waals surface area contributed by atoms with Crippen molar-refractivity contribution >= 4 is 57.8 Å². The Bertz CT molecular complexity index is 778. The SMILES string of the molecule is O=C(NC(=S)Nc1c(Cl)cccc1Cl)c1cccc([N+](=O)[O-])c1. The predicted octanol–water partition coefficient (Wildman–Crippen LogP) is 4.03. The van der Waals surface area contributed by atoms with Gasteiger partial charge in [-0.1, -0.05) is 35.3 Å². The van der Waals surface area contributed by atoms with Crippen molar-refractivity contribution in [2.24, 2.45) is 0 Å². The van der Waals surface area contributed by atoms with Crippen molar-refractivity contribution in [3.05, 3.63) is 68.2 Å². The number of carbonyl (C=O) groups is 1. The highest BCUT2D eigenvalue weighted by atomic mass is 35.5. The number of nitrogens with one attached hydrogen (secondary N) is 2. The van der Waals surface area contributed by atoms with Crippen LogP contribution >= 0.6 is 35.4 Å². The zero-order valence-electron chi connectivity index (χ0n) is 11.4. The van der Waals surface area contributed by atoms with Crippen molar-refractivity contribution in [3.8, 4) is 0 Å². The van der Waals surface area contributed by atoms with Crippen molar-refractivity contribution in [1.29, 1.82) is 0 Å². The van der Waals surface area contributed by atoms with Gasteiger partial charge in [0.05, 0.1) is 20.7 Å². The molecule has 0 saturated carbocycles. The van der Waals surface area contributed by atoms with E-state index in [-0.39, 0.29) is 16.4 Å². The molecule has 0 spiro atoms. The average molecular weight is 370 g/mol. The van der Waals surface area contributed by atoms with Gasteiger partial charge in [0, 0.05) is 17.7 Å². The van der Waals surface area contributed by atoms with Gasteiger partial charge in [-0.2, -0.15) is 0 Å². The van der Waals surface area contributed by atoms with Gasteiger partial charge in [-0.25, -0.2) is 0 Å². The molecule has 2 N–H and O–H groups in total. The summed E-state index contributed by atoms with van der Waals surface area (Å²) < 4.78 is 0. The van der Waals surface area contributed by atoms with Gasteiger partial charge >= 0.3 is 0 Å². The number of anilines is 1. The lowest BCUT2D eigenvalue weighted by Crippen LogP contribution is -2.34. The van der Waals surface area contributed by atoms with Gasteiger partial charge in [0.15, 0.2) is 5.11 Å². The van der Waals surface area contributed by atoms with Gasteiger partial charge in [0.1, 0.15) is 0 Å². The number of benzene rings is 2. The molecule has 0 fully saturated rings. The first-order valence-electron chi connectivity index (χ1n) is 6.19. The van der Waals surface area contributed by atoms with Crippen LogP contribution in [0.4, 0.5) is 11.4 Å². The molecule has 0 aliphatic heterocycles. The Kier molecular flexibility index (Phi) is 5.49. The number of para-hydroxylation sites is 1. The van der Waals surface area contributed by atoms with Crippen LogP contribution in [0.2, 0.25) is 10.0 Å². The molecule has 0 heterocycles. The number of carbonyl (C=O) groups excluding carboxylic acids is 1. The minimum atomic E-state index is -0.589. The third kappa shape index (κ3) is 4.38. The van der Waals surface area contributed by atoms with E-state index in [2.05, 4.69) is 10.6 Å². The normalized spacial score (nSPS) is 10.0. The van der Waals surface area contributed by atoms with Crippen LogP contribution in [0.25, 0.3) is 0 Å². The summed E-state index contributed by atoms with van der Waals surface area (Å²) in [6.07, 6.45) is 0. The van der Waals surface area contributed by atoms with E-state index < -0.39 is 10.8 Å². The van der Waals surface area contributed by atoms with E-state index in [0.29, 0.717) is 15.7 Å². The highest BCUT2D eigenvalue weighted by molar-refractivity contribution is 7.80. The minimum Gasteiger partial charge on any atom is -0.330 e. The van der Waals surface area contributed by atoms with E-state index in [0.717, 1.165) is 6.07 Å². The topological polar surface area (TPSA) is 84.3 Å². The van der Waals surface area contributed by atoms with Gasteiger partial charge in [-0.3, -0.25) is 20.2 Å².